The molecule has 80 valence electrons. The number of halogens is 2. The molecular weight excluding hydrogens is 297 g/mol. The first-order valence-electron chi connectivity index (χ1n) is 4.97. The molecule has 4 aliphatic rings. The molecule has 0 N–H and O–H groups in total. The maximum absolute atomic E-state index is 4.81. The zero-order chi connectivity index (χ0) is 9.26. The predicted molar refractivity (Wildman–Crippen MR) is 53.1 cm³/mol. The van der Waals surface area contributed by atoms with Crippen LogP contribution in [0.1, 0.15) is 38.5 Å². The van der Waals surface area contributed by atoms with Crippen LogP contribution in [0.15, 0.2) is 0 Å². The Morgan fingerprint density at radius 3 is 1.38 bits per heavy atom. The molecule has 4 saturated carbocycles. The van der Waals surface area contributed by atoms with Crippen LogP contribution < -0.4 is 0 Å². The van der Waals surface area contributed by atoms with Gasteiger partial charge in [-0.3, -0.25) is 0 Å². The van der Waals surface area contributed by atoms with Crippen molar-refractivity contribution < 1.29 is 15.9 Å². The summed E-state index contributed by atoms with van der Waals surface area (Å²) in [7, 11) is 9.63. The molecule has 0 atom stereocenters. The van der Waals surface area contributed by atoms with E-state index in [-0.39, 0.29) is 15.9 Å². The summed E-state index contributed by atoms with van der Waals surface area (Å²) in [5, 5.41) is 0. The zero-order valence-electron chi connectivity index (χ0n) is 7.55. The first-order valence-corrected chi connectivity index (χ1v) is 8.98. The van der Waals surface area contributed by atoms with Gasteiger partial charge in [-0.1, -0.05) is 37.0 Å². The Kier molecular flexibility index (Phi) is 4.01. The molecule has 3 heteroatoms. The molecule has 4 bridgehead atoms. The van der Waals surface area contributed by atoms with Crippen LogP contribution in [0.2, 0.25) is 0 Å². The minimum absolute atomic E-state index is 0.106. The quantitative estimate of drug-likeness (QED) is 0.465. The van der Waals surface area contributed by atoms with Crippen LogP contribution in [0.5, 0.6) is 0 Å². The van der Waals surface area contributed by atoms with Crippen molar-refractivity contribution in [3.8, 4) is 0 Å². The van der Waals surface area contributed by atoms with Crippen LogP contribution in [0.25, 0.3) is 0 Å². The van der Waals surface area contributed by atoms with Crippen LogP contribution in [0.4, 0.5) is 0 Å². The Morgan fingerprint density at radius 1 is 0.846 bits per heavy atom. The third-order valence-corrected chi connectivity index (χ3v) is 3.73. The van der Waals surface area contributed by atoms with Gasteiger partial charge in [-0.15, -0.1) is 0 Å². The Bertz CT molecular complexity index is 116. The molecule has 0 aromatic heterocycles. The first-order chi connectivity index (χ1) is 6.31. The van der Waals surface area contributed by atoms with Crippen LogP contribution in [-0.4, -0.2) is 0 Å². The van der Waals surface area contributed by atoms with Crippen molar-refractivity contribution in [2.24, 2.45) is 17.8 Å². The van der Waals surface area contributed by atoms with Crippen molar-refractivity contribution in [1.82, 2.24) is 0 Å². The van der Waals surface area contributed by atoms with E-state index in [0.29, 0.717) is 0 Å². The van der Waals surface area contributed by atoms with E-state index in [9.17, 15) is 0 Å². The summed E-state index contributed by atoms with van der Waals surface area (Å²) in [5.74, 6) is 5.35. The van der Waals surface area contributed by atoms with E-state index < -0.39 is 0 Å². The van der Waals surface area contributed by atoms with Crippen molar-refractivity contribution in [1.29, 1.82) is 0 Å². The topological polar surface area (TPSA) is 0 Å². The summed E-state index contributed by atoms with van der Waals surface area (Å²) in [4.78, 5) is 0. The van der Waals surface area contributed by atoms with E-state index in [1.54, 1.807) is 19.3 Å². The van der Waals surface area contributed by atoms with Crippen LogP contribution in [0.3, 0.4) is 0 Å². The molecule has 13 heavy (non-hydrogen) atoms. The molecule has 0 nitrogen and oxygen atoms in total. The van der Waals surface area contributed by atoms with Crippen LogP contribution >= 0.6 is 19.1 Å². The van der Waals surface area contributed by atoms with Gasteiger partial charge in [0.2, 0.25) is 0 Å². The summed E-state index contributed by atoms with van der Waals surface area (Å²) < 4.78 is 0. The maximum atomic E-state index is 4.81. The molecule has 0 aromatic rings. The molecular formula is C10H15Cl2Pd-. The molecule has 0 amide bonds. The average Bonchev–Trinajstić information content (AvgIpc) is 2.01. The van der Waals surface area contributed by atoms with Gasteiger partial charge in [-0.05, 0) is 0 Å². The molecule has 4 aliphatic carbocycles. The SMILES string of the molecule is C1[C-]2CC3CC1CC(C2)C3.[Cl][Pd][Cl]. The van der Waals surface area contributed by atoms with Gasteiger partial charge >= 0.3 is 35.0 Å². The van der Waals surface area contributed by atoms with Gasteiger partial charge in [-0.2, -0.15) is 19.3 Å². The number of hydrogen-bond donors (Lipinski definition) is 0. The van der Waals surface area contributed by atoms with Crippen LogP contribution in [-0.2, 0) is 15.9 Å². The summed E-state index contributed by atoms with van der Waals surface area (Å²) >= 11 is -0.106. The van der Waals surface area contributed by atoms with Gasteiger partial charge in [-0.25, -0.2) is 0 Å². The van der Waals surface area contributed by atoms with Gasteiger partial charge in [0.1, 0.15) is 0 Å². The van der Waals surface area contributed by atoms with Crippen LogP contribution in [0, 0.1) is 23.7 Å². The normalized spacial score (nSPS) is 41.8. The fraction of sp³-hybridized carbons (Fsp3) is 0.900. The Hall–Kier alpha value is 1.24. The zero-order valence-corrected chi connectivity index (χ0v) is 10.6. The number of hydrogen-bond acceptors (Lipinski definition) is 0. The molecule has 0 aromatic carbocycles. The fourth-order valence-corrected chi connectivity index (χ4v) is 3.68. The van der Waals surface area contributed by atoms with Crippen molar-refractivity contribution in [2.45, 2.75) is 38.5 Å². The first kappa shape index (κ1) is 10.7. The minimum atomic E-state index is -0.106. The fourth-order valence-electron chi connectivity index (χ4n) is 3.68. The van der Waals surface area contributed by atoms with Crippen molar-refractivity contribution >= 4 is 19.1 Å². The molecule has 0 unspecified atom stereocenters. The van der Waals surface area contributed by atoms with Gasteiger partial charge in [0.15, 0.2) is 0 Å². The summed E-state index contributed by atoms with van der Waals surface area (Å²) in [5.41, 5.74) is 0. The van der Waals surface area contributed by atoms with E-state index in [2.05, 4.69) is 0 Å². The van der Waals surface area contributed by atoms with Gasteiger partial charge in [0.25, 0.3) is 0 Å². The molecule has 4 rings (SSSR count). The average molecular weight is 313 g/mol. The molecule has 0 aliphatic heterocycles. The molecule has 0 radical (unpaired) electrons. The van der Waals surface area contributed by atoms with Crippen molar-refractivity contribution in [3.05, 3.63) is 5.92 Å². The number of rotatable bonds is 0. The van der Waals surface area contributed by atoms with E-state index >= 15 is 0 Å². The molecule has 4 fully saturated rings. The Balaban J connectivity index is 0.000000196. The second-order valence-electron chi connectivity index (χ2n) is 4.71. The van der Waals surface area contributed by atoms with E-state index in [4.69, 9.17) is 19.1 Å². The standard InChI is InChI=1S/C10H15.2ClH.Pd/c1-7-2-9-4-8(1)5-10(3-7)6-9;;;/h7-9H,1-6H2;2*1H;/q-1;;;+2/p-2. The summed E-state index contributed by atoms with van der Waals surface area (Å²) in [6.45, 7) is 0. The van der Waals surface area contributed by atoms with Gasteiger partial charge in [0, 0.05) is 0 Å². The second-order valence-corrected chi connectivity index (χ2v) is 7.07. The third-order valence-electron chi connectivity index (χ3n) is 3.73. The summed E-state index contributed by atoms with van der Waals surface area (Å²) in [6, 6.07) is 0. The van der Waals surface area contributed by atoms with E-state index in [1.165, 1.54) is 19.3 Å². The van der Waals surface area contributed by atoms with E-state index in [0.717, 1.165) is 17.8 Å². The second kappa shape index (κ2) is 4.84. The third kappa shape index (κ3) is 2.63. The molecule has 0 spiro atoms. The van der Waals surface area contributed by atoms with E-state index in [1.807, 2.05) is 5.92 Å². The predicted octanol–water partition coefficient (Wildman–Crippen LogP) is 4.17. The monoisotopic (exact) mass is 311 g/mol. The van der Waals surface area contributed by atoms with Crippen molar-refractivity contribution in [2.75, 3.05) is 0 Å². The molecule has 0 saturated heterocycles. The Labute approximate surface area is 96.9 Å². The Morgan fingerprint density at radius 2 is 1.15 bits per heavy atom. The van der Waals surface area contributed by atoms with Gasteiger partial charge < -0.3 is 5.92 Å². The van der Waals surface area contributed by atoms with Gasteiger partial charge in [0.05, 0.1) is 0 Å². The molecule has 0 heterocycles. The summed E-state index contributed by atoms with van der Waals surface area (Å²) in [6.07, 6.45) is 9.31. The van der Waals surface area contributed by atoms with Crippen molar-refractivity contribution in [3.63, 3.8) is 0 Å².